The Morgan fingerprint density at radius 1 is 1.13 bits per heavy atom. The summed E-state index contributed by atoms with van der Waals surface area (Å²) in [5.74, 6) is 0.885. The number of amides is 1. The maximum atomic E-state index is 12.9. The maximum absolute atomic E-state index is 12.9. The molecular formula is C20H23NO2. The minimum absolute atomic E-state index is 0.0882. The lowest BCUT2D eigenvalue weighted by molar-refractivity contribution is -0.139. The number of ether oxygens (including phenoxy) is 1. The van der Waals surface area contributed by atoms with Crippen LogP contribution >= 0.6 is 0 Å². The summed E-state index contributed by atoms with van der Waals surface area (Å²) in [6.07, 6.45) is 1.18. The zero-order valence-electron chi connectivity index (χ0n) is 13.8. The normalized spacial score (nSPS) is 15.0. The lowest BCUT2D eigenvalue weighted by Gasteiger charge is -2.31. The summed E-state index contributed by atoms with van der Waals surface area (Å²) in [4.78, 5) is 14.8. The summed E-state index contributed by atoms with van der Waals surface area (Å²) >= 11 is 0. The molecule has 0 aliphatic carbocycles. The highest BCUT2D eigenvalue weighted by molar-refractivity contribution is 5.81. The summed E-state index contributed by atoms with van der Waals surface area (Å²) in [5.41, 5.74) is 3.66. The van der Waals surface area contributed by atoms with E-state index in [1.54, 1.807) is 0 Å². The lowest BCUT2D eigenvalue weighted by atomic mass is 9.99. The Kier molecular flexibility index (Phi) is 4.65. The van der Waals surface area contributed by atoms with Crippen molar-refractivity contribution in [3.8, 4) is 5.75 Å². The molecule has 3 heteroatoms. The van der Waals surface area contributed by atoms with Crippen molar-refractivity contribution in [3.63, 3.8) is 0 Å². The van der Waals surface area contributed by atoms with Gasteiger partial charge in [0.1, 0.15) is 5.75 Å². The topological polar surface area (TPSA) is 29.5 Å². The Morgan fingerprint density at radius 2 is 1.83 bits per heavy atom. The average Bonchev–Trinajstić information content (AvgIpc) is 2.60. The Morgan fingerprint density at radius 3 is 2.57 bits per heavy atom. The first-order chi connectivity index (χ1) is 11.2. The number of fused-ring (bicyclic) bond motifs is 1. The van der Waals surface area contributed by atoms with Crippen LogP contribution in [0.1, 0.15) is 30.0 Å². The Bertz CT molecular complexity index is 696. The molecule has 0 fully saturated rings. The summed E-state index contributed by atoms with van der Waals surface area (Å²) < 4.78 is 6.01. The van der Waals surface area contributed by atoms with Crippen molar-refractivity contribution in [1.29, 1.82) is 0 Å². The van der Waals surface area contributed by atoms with E-state index in [9.17, 15) is 4.79 Å². The lowest BCUT2D eigenvalue weighted by Crippen LogP contribution is -2.44. The van der Waals surface area contributed by atoms with Gasteiger partial charge >= 0.3 is 0 Å². The standard InChI is InChI=1S/C20H23NO2/c1-3-18(23-19-11-7-4-8-15(19)2)20(22)21-13-12-16-9-5-6-10-17(16)14-21/h4-11,18H,3,12-14H2,1-2H3/t18-/m0/s1. The summed E-state index contributed by atoms with van der Waals surface area (Å²) in [5, 5.41) is 0. The smallest absolute Gasteiger partial charge is 0.263 e. The van der Waals surface area contributed by atoms with Crippen LogP contribution in [0.2, 0.25) is 0 Å². The van der Waals surface area contributed by atoms with E-state index in [0.29, 0.717) is 13.0 Å². The van der Waals surface area contributed by atoms with Gasteiger partial charge in [-0.05, 0) is 42.5 Å². The van der Waals surface area contributed by atoms with Crippen molar-refractivity contribution in [2.75, 3.05) is 6.54 Å². The molecule has 0 radical (unpaired) electrons. The fourth-order valence-electron chi connectivity index (χ4n) is 3.04. The summed E-state index contributed by atoms with van der Waals surface area (Å²) in [7, 11) is 0. The summed E-state index contributed by atoms with van der Waals surface area (Å²) in [6.45, 7) is 5.45. The van der Waals surface area contributed by atoms with E-state index in [1.807, 2.05) is 49.1 Å². The second-order valence-electron chi connectivity index (χ2n) is 6.06. The molecule has 1 aliphatic rings. The molecular weight excluding hydrogens is 286 g/mol. The molecule has 0 N–H and O–H groups in total. The fourth-order valence-corrected chi connectivity index (χ4v) is 3.04. The number of rotatable bonds is 4. The number of hydrogen-bond acceptors (Lipinski definition) is 2. The van der Waals surface area contributed by atoms with Crippen molar-refractivity contribution >= 4 is 5.91 Å². The van der Waals surface area contributed by atoms with Crippen molar-refractivity contribution in [2.45, 2.75) is 39.3 Å². The first-order valence-corrected chi connectivity index (χ1v) is 8.27. The molecule has 1 amide bonds. The van der Waals surface area contributed by atoms with Crippen molar-refractivity contribution < 1.29 is 9.53 Å². The van der Waals surface area contributed by atoms with Crippen LogP contribution in [-0.2, 0) is 17.8 Å². The van der Waals surface area contributed by atoms with Crippen LogP contribution in [0.3, 0.4) is 0 Å². The molecule has 0 unspecified atom stereocenters. The van der Waals surface area contributed by atoms with Crippen LogP contribution in [0.4, 0.5) is 0 Å². The minimum Gasteiger partial charge on any atom is -0.480 e. The van der Waals surface area contributed by atoms with E-state index in [-0.39, 0.29) is 5.91 Å². The molecule has 0 bridgehead atoms. The van der Waals surface area contributed by atoms with E-state index in [2.05, 4.69) is 18.2 Å². The minimum atomic E-state index is -0.415. The number of nitrogens with zero attached hydrogens (tertiary/aromatic N) is 1. The monoisotopic (exact) mass is 309 g/mol. The highest BCUT2D eigenvalue weighted by atomic mass is 16.5. The maximum Gasteiger partial charge on any atom is 0.263 e. The highest BCUT2D eigenvalue weighted by Crippen LogP contribution is 2.23. The summed E-state index contributed by atoms with van der Waals surface area (Å²) in [6, 6.07) is 16.2. The van der Waals surface area contributed by atoms with Gasteiger partial charge in [-0.15, -0.1) is 0 Å². The molecule has 1 atom stereocenters. The highest BCUT2D eigenvalue weighted by Gasteiger charge is 2.27. The van der Waals surface area contributed by atoms with E-state index in [1.165, 1.54) is 11.1 Å². The van der Waals surface area contributed by atoms with Gasteiger partial charge in [-0.3, -0.25) is 4.79 Å². The molecule has 3 nitrogen and oxygen atoms in total. The largest absolute Gasteiger partial charge is 0.480 e. The first-order valence-electron chi connectivity index (χ1n) is 8.27. The second-order valence-corrected chi connectivity index (χ2v) is 6.06. The molecule has 3 rings (SSSR count). The third-order valence-electron chi connectivity index (χ3n) is 4.45. The van der Waals surface area contributed by atoms with Gasteiger partial charge in [0.05, 0.1) is 0 Å². The van der Waals surface area contributed by atoms with E-state index >= 15 is 0 Å². The second kappa shape index (κ2) is 6.86. The van der Waals surface area contributed by atoms with Crippen LogP contribution in [0.15, 0.2) is 48.5 Å². The number of carbonyl (C=O) groups excluding carboxylic acids is 1. The van der Waals surface area contributed by atoms with Crippen molar-refractivity contribution in [1.82, 2.24) is 4.90 Å². The van der Waals surface area contributed by atoms with Gasteiger partial charge in [0, 0.05) is 13.1 Å². The molecule has 0 aromatic heterocycles. The number of aryl methyl sites for hydroxylation is 1. The zero-order valence-corrected chi connectivity index (χ0v) is 13.8. The van der Waals surface area contributed by atoms with Crippen LogP contribution in [0.5, 0.6) is 5.75 Å². The first kappa shape index (κ1) is 15.6. The molecule has 120 valence electrons. The quantitative estimate of drug-likeness (QED) is 0.861. The zero-order chi connectivity index (χ0) is 16.2. The van der Waals surface area contributed by atoms with Crippen LogP contribution in [0, 0.1) is 6.92 Å². The van der Waals surface area contributed by atoms with Crippen LogP contribution in [0.25, 0.3) is 0 Å². The van der Waals surface area contributed by atoms with Gasteiger partial charge in [0.15, 0.2) is 6.10 Å². The van der Waals surface area contributed by atoms with Crippen LogP contribution in [-0.4, -0.2) is 23.5 Å². The molecule has 1 heterocycles. The molecule has 0 saturated heterocycles. The Labute approximate surface area is 137 Å². The Hall–Kier alpha value is -2.29. The SMILES string of the molecule is CC[C@H](Oc1ccccc1C)C(=O)N1CCc2ccccc2C1. The number of carbonyl (C=O) groups is 1. The molecule has 2 aromatic carbocycles. The number of para-hydroxylation sites is 1. The average molecular weight is 309 g/mol. The Balaban J connectivity index is 1.72. The van der Waals surface area contributed by atoms with Crippen molar-refractivity contribution in [2.24, 2.45) is 0 Å². The predicted molar refractivity (Wildman–Crippen MR) is 91.4 cm³/mol. The van der Waals surface area contributed by atoms with Gasteiger partial charge in [0.25, 0.3) is 5.91 Å². The predicted octanol–water partition coefficient (Wildman–Crippen LogP) is 3.74. The molecule has 0 saturated carbocycles. The molecule has 0 spiro atoms. The molecule has 23 heavy (non-hydrogen) atoms. The van der Waals surface area contributed by atoms with Gasteiger partial charge in [-0.1, -0.05) is 49.4 Å². The van der Waals surface area contributed by atoms with Gasteiger partial charge < -0.3 is 9.64 Å². The van der Waals surface area contributed by atoms with Gasteiger partial charge in [0.2, 0.25) is 0 Å². The van der Waals surface area contributed by atoms with E-state index in [4.69, 9.17) is 4.74 Å². The van der Waals surface area contributed by atoms with E-state index in [0.717, 1.165) is 24.3 Å². The number of benzene rings is 2. The molecule has 2 aromatic rings. The van der Waals surface area contributed by atoms with Crippen molar-refractivity contribution in [3.05, 3.63) is 65.2 Å². The van der Waals surface area contributed by atoms with Crippen LogP contribution < -0.4 is 4.74 Å². The van der Waals surface area contributed by atoms with Gasteiger partial charge in [-0.2, -0.15) is 0 Å². The third kappa shape index (κ3) is 3.39. The number of hydrogen-bond donors (Lipinski definition) is 0. The van der Waals surface area contributed by atoms with E-state index < -0.39 is 6.10 Å². The third-order valence-corrected chi connectivity index (χ3v) is 4.45. The fraction of sp³-hybridized carbons (Fsp3) is 0.350. The molecule has 1 aliphatic heterocycles. The van der Waals surface area contributed by atoms with Gasteiger partial charge in [-0.25, -0.2) is 0 Å².